The molecule has 7 heteroatoms. The summed E-state index contributed by atoms with van der Waals surface area (Å²) in [5.74, 6) is 1.35. The van der Waals surface area contributed by atoms with Crippen LogP contribution in [-0.2, 0) is 0 Å². The molecule has 0 bridgehead atoms. The second kappa shape index (κ2) is 5.38. The number of imidazole rings is 1. The first-order chi connectivity index (χ1) is 11.3. The Hall–Kier alpha value is -3.48. The van der Waals surface area contributed by atoms with E-state index in [0.29, 0.717) is 17.3 Å². The highest BCUT2D eigenvalue weighted by molar-refractivity contribution is 5.78. The molecule has 0 amide bonds. The van der Waals surface area contributed by atoms with Crippen LogP contribution < -0.4 is 10.5 Å². The van der Waals surface area contributed by atoms with Crippen molar-refractivity contribution < 1.29 is 4.74 Å². The van der Waals surface area contributed by atoms with Gasteiger partial charge in [-0.2, -0.15) is 4.98 Å². The maximum atomic E-state index is 6.19. The summed E-state index contributed by atoms with van der Waals surface area (Å²) in [6, 6.07) is 11.3. The number of nitrogens with zero attached hydrogens (tertiary/aromatic N) is 5. The number of ether oxygens (including phenoxy) is 1. The largest absolute Gasteiger partial charge is 0.435 e. The molecule has 3 aromatic heterocycles. The Morgan fingerprint density at radius 1 is 1.00 bits per heavy atom. The Balaban J connectivity index is 1.80. The first-order valence-corrected chi connectivity index (χ1v) is 6.94. The molecule has 2 N–H and O–H groups in total. The molecular formula is C16H12N6O. The molecule has 1 aromatic carbocycles. The Labute approximate surface area is 131 Å². The molecule has 4 aromatic rings. The van der Waals surface area contributed by atoms with E-state index in [4.69, 9.17) is 10.5 Å². The predicted molar refractivity (Wildman–Crippen MR) is 85.4 cm³/mol. The molecule has 0 aliphatic rings. The zero-order valence-electron chi connectivity index (χ0n) is 12.0. The monoisotopic (exact) mass is 304 g/mol. The summed E-state index contributed by atoms with van der Waals surface area (Å²) in [5, 5.41) is 0. The van der Waals surface area contributed by atoms with Crippen molar-refractivity contribution in [2.24, 2.45) is 0 Å². The number of hydrogen-bond acceptors (Lipinski definition) is 6. The van der Waals surface area contributed by atoms with Gasteiger partial charge >= 0.3 is 0 Å². The maximum absolute atomic E-state index is 6.19. The summed E-state index contributed by atoms with van der Waals surface area (Å²) in [6.45, 7) is 0. The average molecular weight is 304 g/mol. The van der Waals surface area contributed by atoms with Crippen molar-refractivity contribution in [1.29, 1.82) is 0 Å². The van der Waals surface area contributed by atoms with Crippen LogP contribution in [0.2, 0.25) is 0 Å². The lowest BCUT2D eigenvalue weighted by molar-refractivity contribution is 0.461. The molecule has 0 spiro atoms. The van der Waals surface area contributed by atoms with E-state index in [1.165, 1.54) is 6.33 Å². The Bertz CT molecular complexity index is 967. The van der Waals surface area contributed by atoms with Gasteiger partial charge in [0.15, 0.2) is 5.82 Å². The molecule has 7 nitrogen and oxygen atoms in total. The fourth-order valence-electron chi connectivity index (χ4n) is 2.29. The third-order valence-electron chi connectivity index (χ3n) is 3.36. The minimum Gasteiger partial charge on any atom is -0.435 e. The lowest BCUT2D eigenvalue weighted by atomic mass is 10.3. The van der Waals surface area contributed by atoms with Crippen LogP contribution in [0.25, 0.3) is 16.9 Å². The van der Waals surface area contributed by atoms with E-state index in [2.05, 4.69) is 19.9 Å². The van der Waals surface area contributed by atoms with E-state index < -0.39 is 0 Å². The van der Waals surface area contributed by atoms with Gasteiger partial charge in [0.25, 0.3) is 0 Å². The van der Waals surface area contributed by atoms with Gasteiger partial charge in [0.05, 0.1) is 17.2 Å². The van der Waals surface area contributed by atoms with Crippen LogP contribution in [-0.4, -0.2) is 24.5 Å². The molecule has 112 valence electrons. The highest BCUT2D eigenvalue weighted by Crippen LogP contribution is 2.29. The first-order valence-electron chi connectivity index (χ1n) is 6.94. The smallest absolute Gasteiger partial charge is 0.248 e. The summed E-state index contributed by atoms with van der Waals surface area (Å²) in [6.07, 6.45) is 6.34. The molecule has 0 unspecified atom stereocenters. The molecular weight excluding hydrogens is 292 g/mol. The number of fused-ring (bicyclic) bond motifs is 1. The number of nitrogen functional groups attached to an aromatic ring is 1. The van der Waals surface area contributed by atoms with Gasteiger partial charge in [-0.15, -0.1) is 0 Å². The fraction of sp³-hybridized carbons (Fsp3) is 0. The van der Waals surface area contributed by atoms with Crippen molar-refractivity contribution in [2.75, 3.05) is 5.73 Å². The van der Waals surface area contributed by atoms with Crippen LogP contribution in [0.15, 0.2) is 61.4 Å². The van der Waals surface area contributed by atoms with E-state index >= 15 is 0 Å². The lowest BCUT2D eigenvalue weighted by Crippen LogP contribution is -2.05. The zero-order chi connectivity index (χ0) is 15.6. The quantitative estimate of drug-likeness (QED) is 0.625. The summed E-state index contributed by atoms with van der Waals surface area (Å²) >= 11 is 0. The topological polar surface area (TPSA) is 91.7 Å². The SMILES string of the molecule is Nc1c(Oc2cccnc2)ncnc1-n1cnc2ccccc21. The van der Waals surface area contributed by atoms with Gasteiger partial charge in [0.2, 0.25) is 5.88 Å². The number of pyridine rings is 1. The molecule has 0 saturated carbocycles. The van der Waals surface area contributed by atoms with E-state index in [1.807, 2.05) is 28.8 Å². The standard InChI is InChI=1S/C16H12N6O/c17-14-15(22-10-21-12-5-1-2-6-13(12)22)19-9-20-16(14)23-11-4-3-7-18-8-11/h1-10H,17H2. The van der Waals surface area contributed by atoms with E-state index in [9.17, 15) is 0 Å². The minimum absolute atomic E-state index is 0.279. The minimum atomic E-state index is 0.279. The molecule has 23 heavy (non-hydrogen) atoms. The van der Waals surface area contributed by atoms with Crippen LogP contribution in [0.4, 0.5) is 5.69 Å². The summed E-state index contributed by atoms with van der Waals surface area (Å²) < 4.78 is 7.50. The molecule has 0 aliphatic heterocycles. The molecule has 0 radical (unpaired) electrons. The van der Waals surface area contributed by atoms with Crippen molar-refractivity contribution in [2.45, 2.75) is 0 Å². The van der Waals surface area contributed by atoms with Gasteiger partial charge in [-0.25, -0.2) is 9.97 Å². The number of nitrogens with two attached hydrogens (primary N) is 1. The van der Waals surface area contributed by atoms with Gasteiger partial charge in [0, 0.05) is 6.20 Å². The average Bonchev–Trinajstić information content (AvgIpc) is 3.02. The van der Waals surface area contributed by atoms with Crippen LogP contribution in [0.5, 0.6) is 11.6 Å². The summed E-state index contributed by atoms with van der Waals surface area (Å²) in [7, 11) is 0. The van der Waals surface area contributed by atoms with E-state index in [-0.39, 0.29) is 5.88 Å². The first kappa shape index (κ1) is 13.2. The normalized spacial score (nSPS) is 10.8. The van der Waals surface area contributed by atoms with Crippen molar-refractivity contribution in [3.05, 3.63) is 61.4 Å². The van der Waals surface area contributed by atoms with Crippen molar-refractivity contribution in [1.82, 2.24) is 24.5 Å². The number of benzene rings is 1. The maximum Gasteiger partial charge on any atom is 0.248 e. The van der Waals surface area contributed by atoms with Gasteiger partial charge in [-0.1, -0.05) is 12.1 Å². The molecule has 0 fully saturated rings. The Morgan fingerprint density at radius 2 is 1.91 bits per heavy atom. The highest BCUT2D eigenvalue weighted by atomic mass is 16.5. The van der Waals surface area contributed by atoms with E-state index in [0.717, 1.165) is 11.0 Å². The number of aromatic nitrogens is 5. The summed E-state index contributed by atoms with van der Waals surface area (Å²) in [4.78, 5) is 16.7. The molecule has 0 aliphatic carbocycles. The highest BCUT2D eigenvalue weighted by Gasteiger charge is 2.14. The lowest BCUT2D eigenvalue weighted by Gasteiger charge is -2.10. The number of anilines is 1. The fourth-order valence-corrected chi connectivity index (χ4v) is 2.29. The second-order valence-electron chi connectivity index (χ2n) is 4.81. The molecule has 3 heterocycles. The Morgan fingerprint density at radius 3 is 2.78 bits per heavy atom. The van der Waals surface area contributed by atoms with Gasteiger partial charge in [0.1, 0.15) is 24.1 Å². The van der Waals surface area contributed by atoms with Crippen molar-refractivity contribution in [3.8, 4) is 17.4 Å². The van der Waals surface area contributed by atoms with Crippen LogP contribution in [0, 0.1) is 0 Å². The number of rotatable bonds is 3. The molecule has 0 saturated heterocycles. The summed E-state index contributed by atoms with van der Waals surface area (Å²) in [5.41, 5.74) is 8.30. The molecule has 4 rings (SSSR count). The molecule has 0 atom stereocenters. The zero-order valence-corrected chi connectivity index (χ0v) is 12.0. The predicted octanol–water partition coefficient (Wildman–Crippen LogP) is 2.59. The van der Waals surface area contributed by atoms with Crippen LogP contribution >= 0.6 is 0 Å². The number of para-hydroxylation sites is 2. The third-order valence-corrected chi connectivity index (χ3v) is 3.36. The van der Waals surface area contributed by atoms with Gasteiger partial charge < -0.3 is 10.5 Å². The van der Waals surface area contributed by atoms with Crippen molar-refractivity contribution >= 4 is 16.7 Å². The van der Waals surface area contributed by atoms with E-state index in [1.54, 1.807) is 30.9 Å². The number of hydrogen-bond donors (Lipinski definition) is 1. The van der Waals surface area contributed by atoms with Crippen LogP contribution in [0.1, 0.15) is 0 Å². The second-order valence-corrected chi connectivity index (χ2v) is 4.81. The third kappa shape index (κ3) is 2.34. The van der Waals surface area contributed by atoms with Gasteiger partial charge in [-0.05, 0) is 24.3 Å². The van der Waals surface area contributed by atoms with Crippen molar-refractivity contribution in [3.63, 3.8) is 0 Å². The Kier molecular flexibility index (Phi) is 3.09. The van der Waals surface area contributed by atoms with Crippen LogP contribution in [0.3, 0.4) is 0 Å². The van der Waals surface area contributed by atoms with Gasteiger partial charge in [-0.3, -0.25) is 9.55 Å².